The van der Waals surface area contributed by atoms with E-state index >= 15 is 0 Å². The molecule has 2 aromatic rings. The van der Waals surface area contributed by atoms with Gasteiger partial charge in [0, 0.05) is 16.7 Å². The minimum Gasteiger partial charge on any atom is -0.308 e. The number of nitrogens with one attached hydrogen (secondary N) is 1. The highest BCUT2D eigenvalue weighted by molar-refractivity contribution is 9.11. The van der Waals surface area contributed by atoms with Crippen LogP contribution < -0.4 is 5.32 Å². The SMILES string of the molecule is CCCNC(Cc1ccc(Br)s1)c1csnn1. The lowest BCUT2D eigenvalue weighted by Crippen LogP contribution is -2.24. The van der Waals surface area contributed by atoms with Crippen molar-refractivity contribution in [1.82, 2.24) is 14.9 Å². The summed E-state index contributed by atoms with van der Waals surface area (Å²) in [4.78, 5) is 1.36. The van der Waals surface area contributed by atoms with E-state index in [0.717, 1.165) is 25.1 Å². The lowest BCUT2D eigenvalue weighted by atomic mass is 10.1. The van der Waals surface area contributed by atoms with Gasteiger partial charge < -0.3 is 5.32 Å². The van der Waals surface area contributed by atoms with Crippen LogP contribution >= 0.6 is 38.8 Å². The van der Waals surface area contributed by atoms with Crippen LogP contribution in [0.5, 0.6) is 0 Å². The summed E-state index contributed by atoms with van der Waals surface area (Å²) in [7, 11) is 0. The van der Waals surface area contributed by atoms with Gasteiger partial charge in [0.15, 0.2) is 0 Å². The monoisotopic (exact) mass is 331 g/mol. The summed E-state index contributed by atoms with van der Waals surface area (Å²) >= 11 is 6.68. The predicted molar refractivity (Wildman–Crippen MR) is 76.7 cm³/mol. The fourth-order valence-electron chi connectivity index (χ4n) is 1.59. The van der Waals surface area contributed by atoms with Crippen LogP contribution in [0, 0.1) is 0 Å². The molecule has 0 amide bonds. The van der Waals surface area contributed by atoms with Crippen molar-refractivity contribution in [3.63, 3.8) is 0 Å². The largest absolute Gasteiger partial charge is 0.308 e. The molecule has 6 heteroatoms. The van der Waals surface area contributed by atoms with Crippen LogP contribution in [0.4, 0.5) is 0 Å². The van der Waals surface area contributed by atoms with Crippen molar-refractivity contribution in [2.24, 2.45) is 0 Å². The van der Waals surface area contributed by atoms with Gasteiger partial charge in [0.05, 0.1) is 15.5 Å². The molecule has 0 aliphatic rings. The van der Waals surface area contributed by atoms with Gasteiger partial charge in [-0.25, -0.2) is 0 Å². The summed E-state index contributed by atoms with van der Waals surface area (Å²) in [5.74, 6) is 0. The Balaban J connectivity index is 2.05. The third-order valence-corrected chi connectivity index (χ3v) is 4.58. The second-order valence-electron chi connectivity index (χ2n) is 3.75. The number of aromatic nitrogens is 2. The third kappa shape index (κ3) is 3.84. The van der Waals surface area contributed by atoms with Crippen LogP contribution in [-0.4, -0.2) is 16.1 Å². The van der Waals surface area contributed by atoms with Crippen molar-refractivity contribution in [3.8, 4) is 0 Å². The Hall–Kier alpha value is -0.300. The van der Waals surface area contributed by atoms with Crippen LogP contribution in [0.2, 0.25) is 0 Å². The van der Waals surface area contributed by atoms with Crippen LogP contribution in [0.3, 0.4) is 0 Å². The highest BCUT2D eigenvalue weighted by Crippen LogP contribution is 2.26. The Labute approximate surface area is 118 Å². The normalized spacial score (nSPS) is 12.8. The second-order valence-corrected chi connectivity index (χ2v) is 6.90. The Morgan fingerprint density at radius 3 is 2.94 bits per heavy atom. The zero-order chi connectivity index (χ0) is 12.1. The first-order chi connectivity index (χ1) is 8.29. The molecule has 1 atom stereocenters. The van der Waals surface area contributed by atoms with Gasteiger partial charge in [-0.2, -0.15) is 0 Å². The standard InChI is InChI=1S/C11H14BrN3S2/c1-2-5-13-9(10-7-16-15-14-10)6-8-3-4-11(12)17-8/h3-4,7,9,13H,2,5-6H2,1H3. The van der Waals surface area contributed by atoms with Crippen molar-refractivity contribution in [2.45, 2.75) is 25.8 Å². The molecule has 0 radical (unpaired) electrons. The smallest absolute Gasteiger partial charge is 0.0928 e. The molecule has 0 aliphatic heterocycles. The quantitative estimate of drug-likeness (QED) is 0.877. The third-order valence-electron chi connectivity index (χ3n) is 2.41. The number of hydrogen-bond acceptors (Lipinski definition) is 5. The molecule has 0 aromatic carbocycles. The first kappa shape index (κ1) is 13.1. The van der Waals surface area contributed by atoms with E-state index < -0.39 is 0 Å². The molecule has 17 heavy (non-hydrogen) atoms. The van der Waals surface area contributed by atoms with Gasteiger partial charge in [0.1, 0.15) is 0 Å². The molecule has 2 heterocycles. The van der Waals surface area contributed by atoms with Crippen LogP contribution in [-0.2, 0) is 6.42 Å². The molecule has 2 aromatic heterocycles. The maximum absolute atomic E-state index is 4.17. The molecule has 0 aliphatic carbocycles. The van der Waals surface area contributed by atoms with Crippen LogP contribution in [0.15, 0.2) is 21.3 Å². The molecule has 0 spiro atoms. The Kier molecular flexibility index (Phi) is 5.09. The average Bonchev–Trinajstić information content (AvgIpc) is 2.95. The summed E-state index contributed by atoms with van der Waals surface area (Å²) in [5.41, 5.74) is 1.05. The Morgan fingerprint density at radius 2 is 2.35 bits per heavy atom. The number of rotatable bonds is 6. The van der Waals surface area contributed by atoms with Gasteiger partial charge in [-0.1, -0.05) is 11.4 Å². The zero-order valence-electron chi connectivity index (χ0n) is 9.52. The summed E-state index contributed by atoms with van der Waals surface area (Å²) in [5, 5.41) is 9.72. The van der Waals surface area contributed by atoms with Gasteiger partial charge in [-0.3, -0.25) is 0 Å². The fraction of sp³-hybridized carbons (Fsp3) is 0.455. The molecular formula is C11H14BrN3S2. The summed E-state index contributed by atoms with van der Waals surface area (Å²) in [6.45, 7) is 3.18. The topological polar surface area (TPSA) is 37.8 Å². The lowest BCUT2D eigenvalue weighted by molar-refractivity contribution is 0.520. The minimum atomic E-state index is 0.277. The van der Waals surface area contributed by atoms with E-state index in [0.29, 0.717) is 0 Å². The van der Waals surface area contributed by atoms with Crippen molar-refractivity contribution < 1.29 is 0 Å². The fourth-order valence-corrected chi connectivity index (χ4v) is 3.62. The van der Waals surface area contributed by atoms with Gasteiger partial charge in [-0.05, 0) is 52.6 Å². The summed E-state index contributed by atoms with van der Waals surface area (Å²) in [6, 6.07) is 4.53. The molecule has 3 nitrogen and oxygen atoms in total. The van der Waals surface area contributed by atoms with E-state index in [-0.39, 0.29) is 6.04 Å². The van der Waals surface area contributed by atoms with Gasteiger partial charge >= 0.3 is 0 Å². The maximum atomic E-state index is 4.17. The number of nitrogens with zero attached hydrogens (tertiary/aromatic N) is 2. The van der Waals surface area contributed by atoms with E-state index in [9.17, 15) is 0 Å². The maximum Gasteiger partial charge on any atom is 0.0928 e. The van der Waals surface area contributed by atoms with E-state index in [1.807, 2.05) is 5.38 Å². The van der Waals surface area contributed by atoms with Gasteiger partial charge in [0.25, 0.3) is 0 Å². The molecule has 92 valence electrons. The highest BCUT2D eigenvalue weighted by atomic mass is 79.9. The first-order valence-electron chi connectivity index (χ1n) is 5.54. The van der Waals surface area contributed by atoms with Gasteiger partial charge in [0.2, 0.25) is 0 Å². The Morgan fingerprint density at radius 1 is 1.47 bits per heavy atom. The van der Waals surface area contributed by atoms with E-state index in [4.69, 9.17) is 0 Å². The molecule has 1 N–H and O–H groups in total. The average molecular weight is 332 g/mol. The lowest BCUT2D eigenvalue weighted by Gasteiger charge is -2.14. The first-order valence-corrected chi connectivity index (χ1v) is 7.98. The minimum absolute atomic E-state index is 0.277. The van der Waals surface area contributed by atoms with Crippen molar-refractivity contribution in [2.75, 3.05) is 6.54 Å². The number of thiophene rings is 1. The van der Waals surface area contributed by atoms with Crippen molar-refractivity contribution >= 4 is 38.8 Å². The summed E-state index contributed by atoms with van der Waals surface area (Å²) < 4.78 is 5.12. The molecule has 1 unspecified atom stereocenters. The zero-order valence-corrected chi connectivity index (χ0v) is 12.7. The number of hydrogen-bond donors (Lipinski definition) is 1. The Bertz CT molecular complexity index is 441. The van der Waals surface area contributed by atoms with Crippen molar-refractivity contribution in [1.29, 1.82) is 0 Å². The van der Waals surface area contributed by atoms with E-state index in [2.05, 4.69) is 49.9 Å². The summed E-state index contributed by atoms with van der Waals surface area (Å²) in [6.07, 6.45) is 2.10. The second kappa shape index (κ2) is 6.58. The van der Waals surface area contributed by atoms with E-state index in [1.54, 1.807) is 11.3 Å². The van der Waals surface area contributed by atoms with Crippen LogP contribution in [0.1, 0.15) is 30.0 Å². The van der Waals surface area contributed by atoms with Crippen molar-refractivity contribution in [3.05, 3.63) is 31.9 Å². The van der Waals surface area contributed by atoms with Gasteiger partial charge in [-0.15, -0.1) is 16.4 Å². The van der Waals surface area contributed by atoms with E-state index in [1.165, 1.54) is 20.2 Å². The molecule has 0 bridgehead atoms. The highest BCUT2D eigenvalue weighted by Gasteiger charge is 2.15. The molecular weight excluding hydrogens is 318 g/mol. The number of halogens is 1. The molecule has 2 rings (SSSR count). The van der Waals surface area contributed by atoms with Crippen LogP contribution in [0.25, 0.3) is 0 Å². The molecule has 0 fully saturated rings. The predicted octanol–water partition coefficient (Wildman–Crippen LogP) is 3.65. The molecule has 0 saturated carbocycles. The molecule has 0 saturated heterocycles.